The van der Waals surface area contributed by atoms with Crippen molar-refractivity contribution in [2.75, 3.05) is 0 Å². The van der Waals surface area contributed by atoms with Gasteiger partial charge in [-0.25, -0.2) is 0 Å². The molecule has 2 aromatic rings. The maximum absolute atomic E-state index is 3.15. The quantitative estimate of drug-likeness (QED) is 0.233. The van der Waals surface area contributed by atoms with Gasteiger partial charge >= 0.3 is 323 Å². The first-order valence-electron chi connectivity index (χ1n) is 18.7. The van der Waals surface area contributed by atoms with E-state index in [1.807, 2.05) is 0 Å². The van der Waals surface area contributed by atoms with Crippen molar-refractivity contribution in [2.24, 2.45) is 0 Å². The number of benzene rings is 2. The third kappa shape index (κ3) is 8.53. The second kappa shape index (κ2) is 14.8. The zero-order chi connectivity index (χ0) is 38.4. The monoisotopic (exact) mass is 805 g/mol. The van der Waals surface area contributed by atoms with Crippen molar-refractivity contribution in [3.8, 4) is 0 Å². The molecule has 0 spiro atoms. The topological polar surface area (TPSA) is 0 Å². The van der Waals surface area contributed by atoms with Crippen LogP contribution in [-0.2, 0) is 0 Å². The van der Waals surface area contributed by atoms with Gasteiger partial charge in [0.2, 0.25) is 0 Å². The summed E-state index contributed by atoms with van der Waals surface area (Å²) in [5.74, 6) is 0. The Balaban J connectivity index is 3.50. The average molecular weight is 805 g/mol. The van der Waals surface area contributed by atoms with E-state index < -0.39 is 38.9 Å². The normalized spacial score (nSPS) is 15.8. The van der Waals surface area contributed by atoms with Crippen molar-refractivity contribution >= 4 is 65.0 Å². The Morgan fingerprint density at radius 3 is 1.02 bits per heavy atom. The van der Waals surface area contributed by atoms with E-state index >= 15 is 0 Å². The molecule has 0 amide bonds. The predicted octanol–water partition coefficient (Wildman–Crippen LogP) is 14.2. The molecule has 0 aliphatic carbocycles. The van der Waals surface area contributed by atoms with Crippen LogP contribution in [0.1, 0.15) is 136 Å². The predicted molar refractivity (Wildman–Crippen MR) is 239 cm³/mol. The average Bonchev–Trinajstić information content (AvgIpc) is 2.93. The second-order valence-corrected chi connectivity index (χ2v) is 56.5. The molecule has 0 aliphatic rings. The van der Waals surface area contributed by atoms with Gasteiger partial charge in [-0.2, -0.15) is 0 Å². The summed E-state index contributed by atoms with van der Waals surface area (Å²) in [4.78, 5) is 0. The van der Waals surface area contributed by atoms with Crippen LogP contribution in [0.5, 0.6) is 0 Å². The zero-order valence-electron chi connectivity index (χ0n) is 35.9. The van der Waals surface area contributed by atoms with E-state index in [-0.39, 0.29) is 30.2 Å². The zero-order valence-corrected chi connectivity index (χ0v) is 43.0. The van der Waals surface area contributed by atoms with Gasteiger partial charge in [-0.1, -0.05) is 0 Å². The first-order chi connectivity index (χ1) is 21.7. The van der Waals surface area contributed by atoms with Crippen LogP contribution in [-0.4, -0.2) is 55.4 Å². The van der Waals surface area contributed by atoms with Gasteiger partial charge in [0.15, 0.2) is 0 Å². The molecule has 0 aliphatic heterocycles. The van der Waals surface area contributed by atoms with Crippen molar-refractivity contribution in [2.45, 2.75) is 174 Å². The fourth-order valence-corrected chi connectivity index (χ4v) is 75.3. The van der Waals surface area contributed by atoms with Crippen molar-refractivity contribution in [3.05, 3.63) is 83.2 Å². The molecule has 2 aromatic carbocycles. The Labute approximate surface area is 320 Å². The third-order valence-corrected chi connectivity index (χ3v) is 73.2. The van der Waals surface area contributed by atoms with Crippen molar-refractivity contribution in [1.29, 1.82) is 0 Å². The maximum atomic E-state index is 3.15. The molecule has 0 atom stereocenters. The molecule has 0 N–H and O–H groups in total. The Morgan fingerprint density at radius 2 is 0.735 bits per heavy atom. The molecule has 0 fully saturated rings. The van der Waals surface area contributed by atoms with Gasteiger partial charge in [-0.05, 0) is 0 Å². The minimum absolute atomic E-state index is 0.220. The number of rotatable bonds is 8. The van der Waals surface area contributed by atoms with Gasteiger partial charge < -0.3 is 0 Å². The summed E-state index contributed by atoms with van der Waals surface area (Å²) < 4.78 is 1.45. The van der Waals surface area contributed by atoms with Crippen LogP contribution < -0.4 is 0 Å². The molecule has 5 radical (unpaired) electrons. The third-order valence-electron chi connectivity index (χ3n) is 13.7. The molecule has 6 heteroatoms. The van der Waals surface area contributed by atoms with E-state index in [0.29, 0.717) is 0 Å². The summed E-state index contributed by atoms with van der Waals surface area (Å²) in [6.07, 6.45) is 0. The molecule has 0 nitrogen and oxygen atoms in total. The van der Waals surface area contributed by atoms with Gasteiger partial charge in [-0.15, -0.1) is 0 Å². The van der Waals surface area contributed by atoms with Gasteiger partial charge in [0, 0.05) is 0 Å². The van der Waals surface area contributed by atoms with Gasteiger partial charge in [0.1, 0.15) is 0 Å². The molecule has 0 bridgehead atoms. The molecule has 0 heterocycles. The molecule has 49 heavy (non-hydrogen) atoms. The Hall–Kier alpha value is -0.453. The minimum atomic E-state index is -2.09. The number of hydrogen-bond acceptors (Lipinski definition) is 0. The van der Waals surface area contributed by atoms with E-state index in [1.165, 1.54) is 15.5 Å². The van der Waals surface area contributed by atoms with E-state index in [9.17, 15) is 0 Å². The second-order valence-electron chi connectivity index (χ2n) is 21.6. The molecular weight excluding hydrogens is 730 g/mol. The molecular formula is C43H75GeSi5. The van der Waals surface area contributed by atoms with Crippen LogP contribution in [0, 0.1) is 0 Å². The Morgan fingerprint density at radius 1 is 0.449 bits per heavy atom. The first-order valence-corrected chi connectivity index (χ1v) is 33.4. The van der Waals surface area contributed by atoms with Crippen LogP contribution in [0.15, 0.2) is 72.1 Å². The van der Waals surface area contributed by atoms with E-state index in [4.69, 9.17) is 0 Å². The standard InChI is InChI=1S/C43H75GeSi5/c1-38(2,3)47(19,39(4,5)6)45(32-36(44)34-28-24-22-25-29-34)37(35-30-26-23-27-31-35)33-46(48(20,40(7,8)9)41(10,11)12)49(21,42(13,14)15)43(16,17)18/h22-33H,1-21H3/b36-32-,37-33-. The number of hydrogen-bond donors (Lipinski definition) is 0. The van der Waals surface area contributed by atoms with Crippen LogP contribution in [0.2, 0.25) is 49.9 Å². The van der Waals surface area contributed by atoms with E-state index in [1.54, 1.807) is 5.20 Å². The van der Waals surface area contributed by atoms with Gasteiger partial charge in [0.25, 0.3) is 0 Å². The van der Waals surface area contributed by atoms with Crippen LogP contribution in [0.3, 0.4) is 0 Å². The molecule has 0 aromatic heterocycles. The van der Waals surface area contributed by atoms with Crippen molar-refractivity contribution in [3.63, 3.8) is 0 Å². The molecule has 2 rings (SSSR count). The molecule has 0 saturated carbocycles. The molecule has 0 saturated heterocycles. The molecule has 271 valence electrons. The Kier molecular flexibility index (Phi) is 13.5. The fourth-order valence-electron chi connectivity index (χ4n) is 9.00. The fraction of sp³-hybridized carbons (Fsp3) is 0.628. The summed E-state index contributed by atoms with van der Waals surface area (Å²) in [5.41, 5.74) is 8.87. The van der Waals surface area contributed by atoms with E-state index in [0.717, 1.165) is 0 Å². The summed E-state index contributed by atoms with van der Waals surface area (Å²) in [6, 6.07) is 23.0. The van der Waals surface area contributed by atoms with Gasteiger partial charge in [0.05, 0.1) is 0 Å². The van der Waals surface area contributed by atoms with Gasteiger partial charge in [-0.3, -0.25) is 0 Å². The van der Waals surface area contributed by atoms with Crippen LogP contribution in [0.4, 0.5) is 0 Å². The van der Waals surface area contributed by atoms with Crippen LogP contribution in [0.25, 0.3) is 9.60 Å². The van der Waals surface area contributed by atoms with Crippen LogP contribution >= 0.6 is 0 Å². The van der Waals surface area contributed by atoms with Crippen molar-refractivity contribution < 1.29 is 0 Å². The SMILES string of the molecule is CC(C)(C)[Si](C)([Si](/C=[C](\[Ge])c1ccccc1)/C(=C\[Si]([Si](C)(C(C)(C)C)C(C)(C)C)[Si](C)(C(C)(C)C)C(C)(C)C)c1ccccc1)C(C)(C)C. The summed E-state index contributed by atoms with van der Waals surface area (Å²) in [7, 11) is -8.43. The first kappa shape index (κ1) is 44.7. The molecule has 0 unspecified atom stereocenters. The van der Waals surface area contributed by atoms with Crippen molar-refractivity contribution in [1.82, 2.24) is 0 Å². The summed E-state index contributed by atoms with van der Waals surface area (Å²) in [5, 5.41) is 3.24. The van der Waals surface area contributed by atoms with E-state index in [2.05, 4.69) is 233 Å². The summed E-state index contributed by atoms with van der Waals surface area (Å²) in [6.45, 7) is 55.5. The Bertz CT molecular complexity index is 1370. The summed E-state index contributed by atoms with van der Waals surface area (Å²) >= 11 is 2.40.